The van der Waals surface area contributed by atoms with Gasteiger partial charge in [-0.15, -0.1) is 0 Å². The van der Waals surface area contributed by atoms with E-state index in [9.17, 15) is 5.11 Å². The van der Waals surface area contributed by atoms with E-state index in [-0.39, 0.29) is 6.10 Å². The third-order valence-electron chi connectivity index (χ3n) is 2.22. The highest BCUT2D eigenvalue weighted by molar-refractivity contribution is 5.27. The number of benzene rings is 1. The standard InChI is InChI=1S/C13H20O2/c1-3-4-9-15-13-7-5-12(6-8-13)10-11(2)14/h5-8,11,14H,3-4,9-10H2,1-2H3. The van der Waals surface area contributed by atoms with Crippen LogP contribution >= 0.6 is 0 Å². The Kier molecular flexibility index (Phi) is 5.19. The lowest BCUT2D eigenvalue weighted by atomic mass is 10.1. The van der Waals surface area contributed by atoms with Crippen LogP contribution in [0, 0.1) is 0 Å². The molecule has 1 rings (SSSR count). The van der Waals surface area contributed by atoms with E-state index in [1.54, 1.807) is 6.92 Å². The van der Waals surface area contributed by atoms with E-state index < -0.39 is 0 Å². The molecule has 0 saturated heterocycles. The Balaban J connectivity index is 2.42. The van der Waals surface area contributed by atoms with Gasteiger partial charge in [0.25, 0.3) is 0 Å². The number of aliphatic hydroxyl groups is 1. The first-order valence-corrected chi connectivity index (χ1v) is 5.62. The molecule has 0 aliphatic carbocycles. The molecule has 1 aromatic rings. The Hall–Kier alpha value is -1.02. The first-order chi connectivity index (χ1) is 7.22. The molecule has 0 radical (unpaired) electrons. The van der Waals surface area contributed by atoms with Gasteiger partial charge in [-0.25, -0.2) is 0 Å². The summed E-state index contributed by atoms with van der Waals surface area (Å²) in [7, 11) is 0. The van der Waals surface area contributed by atoms with E-state index in [4.69, 9.17) is 4.74 Å². The van der Waals surface area contributed by atoms with Crippen LogP contribution in [0.15, 0.2) is 24.3 Å². The lowest BCUT2D eigenvalue weighted by molar-refractivity contribution is 0.195. The van der Waals surface area contributed by atoms with Crippen molar-refractivity contribution in [3.63, 3.8) is 0 Å². The van der Waals surface area contributed by atoms with Crippen molar-refractivity contribution in [2.24, 2.45) is 0 Å². The Morgan fingerprint density at radius 2 is 1.93 bits per heavy atom. The van der Waals surface area contributed by atoms with Crippen molar-refractivity contribution in [1.82, 2.24) is 0 Å². The summed E-state index contributed by atoms with van der Waals surface area (Å²) in [4.78, 5) is 0. The predicted octanol–water partition coefficient (Wildman–Crippen LogP) is 2.79. The number of ether oxygens (including phenoxy) is 1. The minimum Gasteiger partial charge on any atom is -0.494 e. The van der Waals surface area contributed by atoms with Crippen LogP contribution in [-0.2, 0) is 6.42 Å². The quantitative estimate of drug-likeness (QED) is 0.728. The van der Waals surface area contributed by atoms with E-state index in [0.717, 1.165) is 30.8 Å². The zero-order chi connectivity index (χ0) is 11.1. The molecular weight excluding hydrogens is 188 g/mol. The van der Waals surface area contributed by atoms with Gasteiger partial charge in [0.15, 0.2) is 0 Å². The lowest BCUT2D eigenvalue weighted by Gasteiger charge is -2.07. The maximum atomic E-state index is 9.22. The molecule has 15 heavy (non-hydrogen) atoms. The molecule has 84 valence electrons. The topological polar surface area (TPSA) is 29.5 Å². The van der Waals surface area contributed by atoms with Crippen LogP contribution in [0.2, 0.25) is 0 Å². The first kappa shape index (κ1) is 12.1. The second-order valence-corrected chi connectivity index (χ2v) is 3.90. The molecule has 0 aliphatic rings. The molecule has 0 aliphatic heterocycles. The van der Waals surface area contributed by atoms with Crippen LogP contribution in [0.25, 0.3) is 0 Å². The Morgan fingerprint density at radius 3 is 2.47 bits per heavy atom. The van der Waals surface area contributed by atoms with Gasteiger partial charge in [-0.05, 0) is 37.5 Å². The second kappa shape index (κ2) is 6.46. The normalized spacial score (nSPS) is 12.5. The molecule has 2 nitrogen and oxygen atoms in total. The van der Waals surface area contributed by atoms with Crippen molar-refractivity contribution in [3.05, 3.63) is 29.8 Å². The van der Waals surface area contributed by atoms with Crippen molar-refractivity contribution in [1.29, 1.82) is 0 Å². The lowest BCUT2D eigenvalue weighted by Crippen LogP contribution is -2.04. The molecule has 0 fully saturated rings. The van der Waals surface area contributed by atoms with Crippen LogP contribution < -0.4 is 4.74 Å². The average molecular weight is 208 g/mol. The molecule has 0 bridgehead atoms. The molecule has 2 heteroatoms. The minimum atomic E-state index is -0.281. The third kappa shape index (κ3) is 4.84. The first-order valence-electron chi connectivity index (χ1n) is 5.62. The third-order valence-corrected chi connectivity index (χ3v) is 2.22. The number of hydrogen-bond donors (Lipinski definition) is 1. The van der Waals surface area contributed by atoms with Gasteiger partial charge >= 0.3 is 0 Å². The summed E-state index contributed by atoms with van der Waals surface area (Å²) in [6.45, 7) is 4.73. The Bertz CT molecular complexity index is 264. The number of hydrogen-bond acceptors (Lipinski definition) is 2. The van der Waals surface area contributed by atoms with Crippen molar-refractivity contribution < 1.29 is 9.84 Å². The summed E-state index contributed by atoms with van der Waals surface area (Å²) >= 11 is 0. The molecule has 1 aromatic carbocycles. The van der Waals surface area contributed by atoms with E-state index in [0.29, 0.717) is 6.42 Å². The maximum absolute atomic E-state index is 9.22. The fourth-order valence-electron chi connectivity index (χ4n) is 1.40. The molecule has 0 saturated carbocycles. The van der Waals surface area contributed by atoms with Gasteiger partial charge in [-0.2, -0.15) is 0 Å². The second-order valence-electron chi connectivity index (χ2n) is 3.90. The SMILES string of the molecule is CCCCOc1ccc(CC(C)O)cc1. The van der Waals surface area contributed by atoms with Gasteiger partial charge in [-0.3, -0.25) is 0 Å². The maximum Gasteiger partial charge on any atom is 0.119 e. The average Bonchev–Trinajstić information content (AvgIpc) is 2.20. The van der Waals surface area contributed by atoms with E-state index >= 15 is 0 Å². The van der Waals surface area contributed by atoms with Crippen LogP contribution in [0.4, 0.5) is 0 Å². The summed E-state index contributed by atoms with van der Waals surface area (Å²) in [6, 6.07) is 7.95. The molecule has 0 heterocycles. The highest BCUT2D eigenvalue weighted by Gasteiger charge is 1.99. The summed E-state index contributed by atoms with van der Waals surface area (Å²) in [6.07, 6.45) is 2.67. The zero-order valence-corrected chi connectivity index (χ0v) is 9.57. The van der Waals surface area contributed by atoms with Gasteiger partial charge in [0, 0.05) is 0 Å². The number of rotatable bonds is 6. The van der Waals surface area contributed by atoms with Gasteiger partial charge < -0.3 is 9.84 Å². The van der Waals surface area contributed by atoms with Crippen molar-refractivity contribution in [3.8, 4) is 5.75 Å². The Labute approximate surface area is 91.9 Å². The van der Waals surface area contributed by atoms with Crippen molar-refractivity contribution in [2.45, 2.75) is 39.2 Å². The molecule has 1 unspecified atom stereocenters. The molecule has 0 spiro atoms. The molecular formula is C13H20O2. The molecule has 0 aromatic heterocycles. The highest BCUT2D eigenvalue weighted by atomic mass is 16.5. The van der Waals surface area contributed by atoms with Gasteiger partial charge in [0.2, 0.25) is 0 Å². The largest absolute Gasteiger partial charge is 0.494 e. The zero-order valence-electron chi connectivity index (χ0n) is 9.57. The fourth-order valence-corrected chi connectivity index (χ4v) is 1.40. The fraction of sp³-hybridized carbons (Fsp3) is 0.538. The Morgan fingerprint density at radius 1 is 1.27 bits per heavy atom. The predicted molar refractivity (Wildman–Crippen MR) is 62.2 cm³/mol. The van der Waals surface area contributed by atoms with Crippen LogP contribution in [0.5, 0.6) is 5.75 Å². The van der Waals surface area contributed by atoms with Crippen LogP contribution in [0.3, 0.4) is 0 Å². The number of unbranched alkanes of at least 4 members (excludes halogenated alkanes) is 1. The van der Waals surface area contributed by atoms with Gasteiger partial charge in [-0.1, -0.05) is 25.5 Å². The summed E-state index contributed by atoms with van der Waals surface area (Å²) in [5.74, 6) is 0.915. The van der Waals surface area contributed by atoms with Crippen molar-refractivity contribution in [2.75, 3.05) is 6.61 Å². The summed E-state index contributed by atoms with van der Waals surface area (Å²) < 4.78 is 5.54. The van der Waals surface area contributed by atoms with E-state index in [1.165, 1.54) is 0 Å². The van der Waals surface area contributed by atoms with Crippen molar-refractivity contribution >= 4 is 0 Å². The van der Waals surface area contributed by atoms with Crippen LogP contribution in [-0.4, -0.2) is 17.8 Å². The summed E-state index contributed by atoms with van der Waals surface area (Å²) in [5.41, 5.74) is 1.15. The molecule has 1 atom stereocenters. The molecule has 0 amide bonds. The van der Waals surface area contributed by atoms with E-state index in [1.807, 2.05) is 24.3 Å². The monoisotopic (exact) mass is 208 g/mol. The van der Waals surface area contributed by atoms with Gasteiger partial charge in [0.05, 0.1) is 12.7 Å². The molecule has 1 N–H and O–H groups in total. The smallest absolute Gasteiger partial charge is 0.119 e. The van der Waals surface area contributed by atoms with Crippen LogP contribution in [0.1, 0.15) is 32.3 Å². The number of aliphatic hydroxyl groups excluding tert-OH is 1. The minimum absolute atomic E-state index is 0.281. The summed E-state index contributed by atoms with van der Waals surface area (Å²) in [5, 5.41) is 9.22. The van der Waals surface area contributed by atoms with Gasteiger partial charge in [0.1, 0.15) is 5.75 Å². The highest BCUT2D eigenvalue weighted by Crippen LogP contribution is 2.13. The van der Waals surface area contributed by atoms with E-state index in [2.05, 4.69) is 6.92 Å².